The minimum absolute atomic E-state index is 0. The van der Waals surface area contributed by atoms with E-state index in [1.807, 2.05) is 0 Å². The zero-order valence-corrected chi connectivity index (χ0v) is 7.70. The molecule has 0 amide bonds. The van der Waals surface area contributed by atoms with Crippen LogP contribution in [0.5, 0.6) is 0 Å². The third-order valence-corrected chi connectivity index (χ3v) is 1.84. The SMILES string of the molecule is [CH2-]C1=CC=C(C)CC1C.[Mn]. The van der Waals surface area contributed by atoms with Gasteiger partial charge in [-0.15, -0.1) is 6.08 Å². The van der Waals surface area contributed by atoms with Crippen LogP contribution in [0.1, 0.15) is 20.3 Å². The van der Waals surface area contributed by atoms with Crippen LogP contribution >= 0.6 is 0 Å². The van der Waals surface area contributed by atoms with Gasteiger partial charge in [0.25, 0.3) is 0 Å². The molecule has 1 aliphatic rings. The minimum atomic E-state index is 0. The molecule has 57 valence electrons. The van der Waals surface area contributed by atoms with Crippen LogP contribution in [0.15, 0.2) is 23.3 Å². The van der Waals surface area contributed by atoms with E-state index in [9.17, 15) is 0 Å². The molecule has 1 atom stereocenters. The fourth-order valence-corrected chi connectivity index (χ4v) is 1.10. The average Bonchev–Trinajstić information content (AvgIpc) is 1.80. The number of rotatable bonds is 0. The number of allylic oxidation sites excluding steroid dienone is 4. The van der Waals surface area contributed by atoms with Crippen LogP contribution in [0.2, 0.25) is 0 Å². The maximum absolute atomic E-state index is 3.93. The zero-order chi connectivity index (χ0) is 6.85. The summed E-state index contributed by atoms with van der Waals surface area (Å²) in [5.74, 6) is 0.662. The van der Waals surface area contributed by atoms with Crippen molar-refractivity contribution in [3.63, 3.8) is 0 Å². The molecule has 1 radical (unpaired) electrons. The normalized spacial score (nSPS) is 24.4. The topological polar surface area (TPSA) is 0 Å². The van der Waals surface area contributed by atoms with Crippen LogP contribution in [-0.2, 0) is 17.1 Å². The molecule has 0 N–H and O–H groups in total. The largest absolute Gasteiger partial charge is 0.241 e. The van der Waals surface area contributed by atoms with E-state index >= 15 is 0 Å². The number of hydrogen-bond donors (Lipinski definition) is 0. The van der Waals surface area contributed by atoms with Crippen molar-refractivity contribution >= 4 is 0 Å². The van der Waals surface area contributed by atoms with Crippen LogP contribution in [0.4, 0.5) is 0 Å². The molecule has 0 aromatic heterocycles. The quantitative estimate of drug-likeness (QED) is 0.393. The predicted octanol–water partition coefficient (Wildman–Crippen LogP) is 2.73. The standard InChI is InChI=1S/C9H13.Mn/c1-7-4-5-8(2)9(3)6-7;/h4-5,9H,2,6H2,1,3H3;/q-1;. The first-order chi connectivity index (χ1) is 4.20. The molecular formula is C9H13Mn-. The van der Waals surface area contributed by atoms with Gasteiger partial charge in [0.15, 0.2) is 0 Å². The maximum atomic E-state index is 3.93. The second-order valence-corrected chi connectivity index (χ2v) is 2.86. The molecule has 1 heteroatoms. The Kier molecular flexibility index (Phi) is 3.85. The summed E-state index contributed by atoms with van der Waals surface area (Å²) in [6, 6.07) is 0. The summed E-state index contributed by atoms with van der Waals surface area (Å²) in [5.41, 5.74) is 2.73. The van der Waals surface area contributed by atoms with Crippen molar-refractivity contribution in [2.75, 3.05) is 0 Å². The minimum Gasteiger partial charge on any atom is -0.241 e. The second-order valence-electron chi connectivity index (χ2n) is 2.86. The van der Waals surface area contributed by atoms with E-state index in [0.717, 1.165) is 0 Å². The van der Waals surface area contributed by atoms with Crippen LogP contribution < -0.4 is 0 Å². The van der Waals surface area contributed by atoms with Gasteiger partial charge in [-0.25, -0.2) is 18.6 Å². The Hall–Kier alpha value is -0.131. The van der Waals surface area contributed by atoms with Gasteiger partial charge in [0.05, 0.1) is 0 Å². The van der Waals surface area contributed by atoms with Crippen molar-refractivity contribution in [3.05, 3.63) is 30.2 Å². The first-order valence-electron chi connectivity index (χ1n) is 3.39. The van der Waals surface area contributed by atoms with E-state index in [1.165, 1.54) is 17.6 Å². The van der Waals surface area contributed by atoms with E-state index in [4.69, 9.17) is 0 Å². The Morgan fingerprint density at radius 1 is 1.50 bits per heavy atom. The van der Waals surface area contributed by atoms with E-state index in [2.05, 4.69) is 32.9 Å². The van der Waals surface area contributed by atoms with E-state index in [0.29, 0.717) is 5.92 Å². The monoisotopic (exact) mass is 176 g/mol. The molecule has 0 saturated carbocycles. The van der Waals surface area contributed by atoms with Crippen LogP contribution in [-0.4, -0.2) is 0 Å². The van der Waals surface area contributed by atoms with Crippen LogP contribution in [0.3, 0.4) is 0 Å². The molecule has 0 aliphatic heterocycles. The van der Waals surface area contributed by atoms with Crippen molar-refractivity contribution in [2.24, 2.45) is 5.92 Å². The van der Waals surface area contributed by atoms with Gasteiger partial charge < -0.3 is 0 Å². The van der Waals surface area contributed by atoms with Crippen LogP contribution in [0.25, 0.3) is 0 Å². The van der Waals surface area contributed by atoms with Gasteiger partial charge in [0.2, 0.25) is 0 Å². The first-order valence-corrected chi connectivity index (χ1v) is 3.39. The van der Waals surface area contributed by atoms with Gasteiger partial charge in [-0.05, 0) is 19.3 Å². The maximum Gasteiger partial charge on any atom is 0 e. The Morgan fingerprint density at radius 3 is 2.50 bits per heavy atom. The van der Waals surface area contributed by atoms with E-state index < -0.39 is 0 Å². The van der Waals surface area contributed by atoms with Gasteiger partial charge in [-0.1, -0.05) is 12.5 Å². The average molecular weight is 176 g/mol. The molecule has 0 spiro atoms. The molecule has 0 aromatic rings. The molecule has 0 aromatic carbocycles. The predicted molar refractivity (Wildman–Crippen MR) is 41.0 cm³/mol. The van der Waals surface area contributed by atoms with Crippen molar-refractivity contribution < 1.29 is 17.1 Å². The molecule has 0 saturated heterocycles. The summed E-state index contributed by atoms with van der Waals surface area (Å²) in [6.45, 7) is 8.31. The van der Waals surface area contributed by atoms with Gasteiger partial charge >= 0.3 is 0 Å². The van der Waals surface area contributed by atoms with Gasteiger partial charge in [0, 0.05) is 17.1 Å². The Bertz CT molecular complexity index is 166. The smallest absolute Gasteiger partial charge is 0 e. The molecular weight excluding hydrogens is 163 g/mol. The third-order valence-electron chi connectivity index (χ3n) is 1.84. The molecule has 1 aliphatic carbocycles. The summed E-state index contributed by atoms with van der Waals surface area (Å²) in [7, 11) is 0. The molecule has 1 rings (SSSR count). The molecule has 0 nitrogen and oxygen atoms in total. The Morgan fingerprint density at radius 2 is 2.10 bits per heavy atom. The molecule has 10 heavy (non-hydrogen) atoms. The molecule has 0 bridgehead atoms. The summed E-state index contributed by atoms with van der Waals surface area (Å²) in [6.07, 6.45) is 5.46. The molecule has 1 unspecified atom stereocenters. The van der Waals surface area contributed by atoms with E-state index in [-0.39, 0.29) is 17.1 Å². The van der Waals surface area contributed by atoms with E-state index in [1.54, 1.807) is 0 Å². The van der Waals surface area contributed by atoms with Crippen molar-refractivity contribution in [1.29, 1.82) is 0 Å². The summed E-state index contributed by atoms with van der Waals surface area (Å²) in [5, 5.41) is 0. The Balaban J connectivity index is 0.000000810. The van der Waals surface area contributed by atoms with Crippen molar-refractivity contribution in [3.8, 4) is 0 Å². The summed E-state index contributed by atoms with van der Waals surface area (Å²) >= 11 is 0. The Labute approximate surface area is 73.9 Å². The first kappa shape index (κ1) is 9.87. The van der Waals surface area contributed by atoms with Crippen molar-refractivity contribution in [2.45, 2.75) is 20.3 Å². The van der Waals surface area contributed by atoms with Crippen molar-refractivity contribution in [1.82, 2.24) is 0 Å². The van der Waals surface area contributed by atoms with Gasteiger partial charge in [-0.2, -0.15) is 0 Å². The van der Waals surface area contributed by atoms with Gasteiger partial charge in [-0.3, -0.25) is 0 Å². The summed E-state index contributed by atoms with van der Waals surface area (Å²) < 4.78 is 0. The van der Waals surface area contributed by atoms with Crippen LogP contribution in [0, 0.1) is 12.8 Å². The molecule has 0 heterocycles. The fourth-order valence-electron chi connectivity index (χ4n) is 1.10. The van der Waals surface area contributed by atoms with Gasteiger partial charge in [0.1, 0.15) is 0 Å². The number of hydrogen-bond acceptors (Lipinski definition) is 0. The fraction of sp³-hybridized carbons (Fsp3) is 0.444. The second kappa shape index (κ2) is 3.90. The zero-order valence-electron chi connectivity index (χ0n) is 6.52. The molecule has 0 fully saturated rings. The summed E-state index contributed by atoms with van der Waals surface area (Å²) in [4.78, 5) is 0. The third kappa shape index (κ3) is 2.24.